The third kappa shape index (κ3) is 1.68. The van der Waals surface area contributed by atoms with Crippen molar-refractivity contribution in [2.75, 3.05) is 5.73 Å². The third-order valence-corrected chi connectivity index (χ3v) is 5.45. The van der Waals surface area contributed by atoms with Gasteiger partial charge in [-0.05, 0) is 36.6 Å². The monoisotopic (exact) mass is 318 g/mol. The van der Waals surface area contributed by atoms with E-state index in [1.165, 1.54) is 16.2 Å². The summed E-state index contributed by atoms with van der Waals surface area (Å²) in [6.07, 6.45) is 1.60. The first-order valence-electron chi connectivity index (χ1n) is 6.62. The van der Waals surface area contributed by atoms with Gasteiger partial charge in [-0.1, -0.05) is 17.7 Å². The van der Waals surface area contributed by atoms with Crippen LogP contribution in [0.25, 0.3) is 0 Å². The Kier molecular flexibility index (Phi) is 2.65. The minimum atomic E-state index is -0.298. The number of nitrogens with zero attached hydrogens (tertiary/aromatic N) is 1. The normalized spacial score (nSPS) is 20.0. The highest BCUT2D eigenvalue weighted by molar-refractivity contribution is 7.16. The van der Waals surface area contributed by atoms with Gasteiger partial charge < -0.3 is 5.73 Å². The van der Waals surface area contributed by atoms with Crippen molar-refractivity contribution in [1.29, 1.82) is 0 Å². The Morgan fingerprint density at radius 2 is 2.10 bits per heavy atom. The number of fused-ring (bicyclic) bond motifs is 2. The maximum absolute atomic E-state index is 12.6. The Labute approximate surface area is 130 Å². The van der Waals surface area contributed by atoms with Crippen molar-refractivity contribution >= 4 is 40.4 Å². The predicted molar refractivity (Wildman–Crippen MR) is 81.7 cm³/mol. The smallest absolute Gasteiger partial charge is 0.264 e. The molecule has 0 fully saturated rings. The van der Waals surface area contributed by atoms with Gasteiger partial charge in [0.25, 0.3) is 11.8 Å². The van der Waals surface area contributed by atoms with E-state index in [-0.39, 0.29) is 17.9 Å². The first-order valence-corrected chi connectivity index (χ1v) is 7.82. The van der Waals surface area contributed by atoms with Gasteiger partial charge in [-0.3, -0.25) is 14.5 Å². The second-order valence-electron chi connectivity index (χ2n) is 5.23. The lowest BCUT2D eigenvalue weighted by atomic mass is 10.1. The lowest BCUT2D eigenvalue weighted by Gasteiger charge is -2.22. The van der Waals surface area contributed by atoms with Crippen LogP contribution in [0.4, 0.5) is 5.69 Å². The van der Waals surface area contributed by atoms with Gasteiger partial charge >= 0.3 is 0 Å². The Bertz CT molecular complexity index is 799. The average Bonchev–Trinajstić information content (AvgIpc) is 3.05. The number of thiophene rings is 1. The number of carbonyl (C=O) groups excluding carboxylic acids is 2. The fourth-order valence-electron chi connectivity index (χ4n) is 3.19. The zero-order valence-electron chi connectivity index (χ0n) is 10.9. The van der Waals surface area contributed by atoms with E-state index >= 15 is 0 Å². The van der Waals surface area contributed by atoms with Crippen molar-refractivity contribution in [1.82, 2.24) is 4.90 Å². The molecule has 2 aliphatic rings. The molecule has 1 aliphatic heterocycles. The van der Waals surface area contributed by atoms with Crippen LogP contribution in [0.2, 0.25) is 4.34 Å². The summed E-state index contributed by atoms with van der Waals surface area (Å²) in [6, 6.07) is 6.64. The molecule has 2 N–H and O–H groups in total. The van der Waals surface area contributed by atoms with E-state index in [1.807, 2.05) is 6.07 Å². The molecule has 4 nitrogen and oxygen atoms in total. The first-order chi connectivity index (χ1) is 10.1. The van der Waals surface area contributed by atoms with Gasteiger partial charge in [0.2, 0.25) is 0 Å². The Hall–Kier alpha value is -1.85. The van der Waals surface area contributed by atoms with Crippen LogP contribution in [0.1, 0.15) is 43.6 Å². The number of anilines is 1. The number of hydrogen-bond donors (Lipinski definition) is 1. The van der Waals surface area contributed by atoms with Crippen LogP contribution in [-0.2, 0) is 6.42 Å². The fraction of sp³-hybridized carbons (Fsp3) is 0.200. The van der Waals surface area contributed by atoms with Crippen molar-refractivity contribution in [3.63, 3.8) is 0 Å². The molecule has 106 valence electrons. The standard InChI is InChI=1S/C15H11ClN2O2S/c16-12-6-8-10(4-5-11(8)21-12)18-14(19)7-2-1-3-9(17)13(7)15(18)20/h1-3,6,10H,4-5,17H2. The molecule has 2 aromatic rings. The quantitative estimate of drug-likeness (QED) is 0.648. The molecule has 0 radical (unpaired) electrons. The number of imide groups is 1. The predicted octanol–water partition coefficient (Wildman–Crippen LogP) is 3.27. The van der Waals surface area contributed by atoms with Crippen molar-refractivity contribution in [3.05, 3.63) is 50.2 Å². The lowest BCUT2D eigenvalue weighted by molar-refractivity contribution is 0.0583. The first kappa shape index (κ1) is 12.9. The topological polar surface area (TPSA) is 63.4 Å². The fourth-order valence-corrected chi connectivity index (χ4v) is 4.54. The maximum atomic E-state index is 12.6. The second kappa shape index (κ2) is 4.32. The minimum Gasteiger partial charge on any atom is -0.398 e. The van der Waals surface area contributed by atoms with Crippen LogP contribution >= 0.6 is 22.9 Å². The summed E-state index contributed by atoms with van der Waals surface area (Å²) in [5, 5.41) is 0. The minimum absolute atomic E-state index is 0.226. The van der Waals surface area contributed by atoms with E-state index in [0.29, 0.717) is 21.2 Å². The van der Waals surface area contributed by atoms with Crippen LogP contribution < -0.4 is 5.73 Å². The van der Waals surface area contributed by atoms with Crippen LogP contribution in [0.15, 0.2) is 24.3 Å². The largest absolute Gasteiger partial charge is 0.398 e. The molecule has 0 spiro atoms. The van der Waals surface area contributed by atoms with Gasteiger partial charge in [-0.2, -0.15) is 0 Å². The van der Waals surface area contributed by atoms with E-state index < -0.39 is 0 Å². The number of halogens is 1. The summed E-state index contributed by atoms with van der Waals surface area (Å²) in [5.74, 6) is -0.559. The molecule has 21 heavy (non-hydrogen) atoms. The van der Waals surface area contributed by atoms with Crippen LogP contribution in [-0.4, -0.2) is 16.7 Å². The lowest BCUT2D eigenvalue weighted by Crippen LogP contribution is -2.33. The Balaban J connectivity index is 1.81. The highest BCUT2D eigenvalue weighted by Gasteiger charge is 2.44. The number of benzene rings is 1. The van der Waals surface area contributed by atoms with Crippen molar-refractivity contribution in [2.45, 2.75) is 18.9 Å². The molecule has 1 unspecified atom stereocenters. The summed E-state index contributed by atoms with van der Waals surface area (Å²) < 4.78 is 0.695. The van der Waals surface area contributed by atoms with Gasteiger partial charge in [0.15, 0.2) is 0 Å². The number of carbonyl (C=O) groups is 2. The molecule has 1 aliphatic carbocycles. The van der Waals surface area contributed by atoms with E-state index in [9.17, 15) is 9.59 Å². The molecule has 1 atom stereocenters. The number of aryl methyl sites for hydroxylation is 1. The molecule has 4 rings (SSSR count). The number of rotatable bonds is 1. The highest BCUT2D eigenvalue weighted by atomic mass is 35.5. The van der Waals surface area contributed by atoms with Gasteiger partial charge in [0.1, 0.15) is 0 Å². The molecular formula is C15H11ClN2O2S. The molecular weight excluding hydrogens is 308 g/mol. The van der Waals surface area contributed by atoms with E-state index in [1.54, 1.807) is 18.2 Å². The van der Waals surface area contributed by atoms with Crippen LogP contribution in [0.5, 0.6) is 0 Å². The molecule has 2 amide bonds. The van der Waals surface area contributed by atoms with Crippen LogP contribution in [0.3, 0.4) is 0 Å². The number of amides is 2. The highest BCUT2D eigenvalue weighted by Crippen LogP contribution is 2.45. The summed E-state index contributed by atoms with van der Waals surface area (Å²) in [5.41, 5.74) is 7.95. The number of hydrogen-bond acceptors (Lipinski definition) is 4. The number of nitrogens with two attached hydrogens (primary N) is 1. The van der Waals surface area contributed by atoms with Crippen molar-refractivity contribution < 1.29 is 9.59 Å². The molecule has 1 aromatic carbocycles. The molecule has 0 bridgehead atoms. The zero-order valence-corrected chi connectivity index (χ0v) is 12.5. The third-order valence-electron chi connectivity index (χ3n) is 4.11. The van der Waals surface area contributed by atoms with Gasteiger partial charge in [0.05, 0.1) is 21.5 Å². The Morgan fingerprint density at radius 3 is 2.86 bits per heavy atom. The van der Waals surface area contributed by atoms with Gasteiger partial charge in [-0.15, -0.1) is 11.3 Å². The molecule has 0 saturated carbocycles. The van der Waals surface area contributed by atoms with Gasteiger partial charge in [-0.25, -0.2) is 0 Å². The molecule has 2 heterocycles. The Morgan fingerprint density at radius 1 is 1.29 bits per heavy atom. The summed E-state index contributed by atoms with van der Waals surface area (Å²) in [6.45, 7) is 0. The summed E-state index contributed by atoms with van der Waals surface area (Å²) in [7, 11) is 0. The molecule has 0 saturated heterocycles. The van der Waals surface area contributed by atoms with E-state index in [0.717, 1.165) is 23.3 Å². The summed E-state index contributed by atoms with van der Waals surface area (Å²) in [4.78, 5) is 27.7. The maximum Gasteiger partial charge on any atom is 0.264 e. The molecule has 1 aromatic heterocycles. The second-order valence-corrected chi connectivity index (χ2v) is 7.00. The van der Waals surface area contributed by atoms with Crippen molar-refractivity contribution in [3.8, 4) is 0 Å². The van der Waals surface area contributed by atoms with E-state index in [4.69, 9.17) is 17.3 Å². The average molecular weight is 319 g/mol. The van der Waals surface area contributed by atoms with Crippen LogP contribution in [0, 0.1) is 0 Å². The number of nitrogen functional groups attached to an aromatic ring is 1. The van der Waals surface area contributed by atoms with E-state index in [2.05, 4.69) is 0 Å². The van der Waals surface area contributed by atoms with Crippen molar-refractivity contribution in [2.24, 2.45) is 0 Å². The molecule has 6 heteroatoms. The zero-order chi connectivity index (χ0) is 14.7. The SMILES string of the molecule is Nc1cccc2c1C(=O)N(C1CCc3sc(Cl)cc31)C2=O. The summed E-state index contributed by atoms with van der Waals surface area (Å²) >= 11 is 7.57. The van der Waals surface area contributed by atoms with Gasteiger partial charge in [0, 0.05) is 10.6 Å².